The number of amides is 1. The van der Waals surface area contributed by atoms with Crippen molar-refractivity contribution in [1.29, 1.82) is 0 Å². The van der Waals surface area contributed by atoms with Crippen molar-refractivity contribution in [2.45, 2.75) is 25.2 Å². The fourth-order valence-corrected chi connectivity index (χ4v) is 1.34. The maximum atomic E-state index is 11.1. The molecule has 1 saturated heterocycles. The Morgan fingerprint density at radius 1 is 1.77 bits per heavy atom. The molecule has 2 unspecified atom stereocenters. The second kappa shape index (κ2) is 4.26. The number of nitrogens with zero attached hydrogens (tertiary/aromatic N) is 1. The molecule has 13 heavy (non-hydrogen) atoms. The first kappa shape index (κ1) is 10.0. The Labute approximate surface area is 77.5 Å². The molecular weight excluding hydrogens is 170 g/mol. The third-order valence-corrected chi connectivity index (χ3v) is 2.09. The van der Waals surface area contributed by atoms with E-state index in [1.54, 1.807) is 0 Å². The Bertz CT molecular complexity index is 234. The highest BCUT2D eigenvalue weighted by atomic mass is 16.5. The Hall–Kier alpha value is -1.05. The van der Waals surface area contributed by atoms with Crippen molar-refractivity contribution in [3.63, 3.8) is 0 Å². The molecular formula is C9H13NO3. The molecule has 1 N–H and O–H groups in total. The minimum absolute atomic E-state index is 0.467. The smallest absolute Gasteiger partial charge is 0.300 e. The summed E-state index contributed by atoms with van der Waals surface area (Å²) in [5, 5.41) is 9.50. The van der Waals surface area contributed by atoms with Crippen molar-refractivity contribution in [2.75, 3.05) is 13.7 Å². The summed E-state index contributed by atoms with van der Waals surface area (Å²) in [5.41, 5.74) is 0. The van der Waals surface area contributed by atoms with Gasteiger partial charge in [0, 0.05) is 13.7 Å². The van der Waals surface area contributed by atoms with Gasteiger partial charge < -0.3 is 14.7 Å². The molecule has 2 atom stereocenters. The van der Waals surface area contributed by atoms with Gasteiger partial charge in [0.15, 0.2) is 6.23 Å². The molecule has 0 aliphatic carbocycles. The van der Waals surface area contributed by atoms with E-state index in [2.05, 4.69) is 0 Å². The van der Waals surface area contributed by atoms with Crippen LogP contribution in [0.4, 0.5) is 0 Å². The third kappa shape index (κ3) is 2.20. The average Bonchev–Trinajstić information content (AvgIpc) is 2.16. The van der Waals surface area contributed by atoms with E-state index in [1.165, 1.54) is 11.9 Å². The lowest BCUT2D eigenvalue weighted by atomic mass is 10.1. The lowest BCUT2D eigenvalue weighted by molar-refractivity contribution is -0.162. The second-order valence-electron chi connectivity index (χ2n) is 3.03. The number of rotatable bonds is 1. The van der Waals surface area contributed by atoms with E-state index >= 15 is 0 Å². The molecule has 1 aliphatic rings. The van der Waals surface area contributed by atoms with Gasteiger partial charge in [-0.3, -0.25) is 4.79 Å². The van der Waals surface area contributed by atoms with E-state index in [0.29, 0.717) is 13.0 Å². The summed E-state index contributed by atoms with van der Waals surface area (Å²) >= 11 is 0. The zero-order valence-corrected chi connectivity index (χ0v) is 7.56. The van der Waals surface area contributed by atoms with E-state index in [1.807, 2.05) is 5.92 Å². The second-order valence-corrected chi connectivity index (χ2v) is 3.03. The van der Waals surface area contributed by atoms with Crippen molar-refractivity contribution in [1.82, 2.24) is 4.90 Å². The molecule has 0 aromatic rings. The van der Waals surface area contributed by atoms with Crippen molar-refractivity contribution >= 4 is 5.91 Å². The largest absolute Gasteiger partial charge is 0.388 e. The summed E-state index contributed by atoms with van der Waals surface area (Å²) in [6.07, 6.45) is 5.19. The lowest BCUT2D eigenvalue weighted by Gasteiger charge is -2.33. The van der Waals surface area contributed by atoms with Gasteiger partial charge in [0.25, 0.3) is 5.91 Å². The Morgan fingerprint density at radius 2 is 2.46 bits per heavy atom. The summed E-state index contributed by atoms with van der Waals surface area (Å²) in [6, 6.07) is 0. The van der Waals surface area contributed by atoms with Crippen molar-refractivity contribution < 1.29 is 14.6 Å². The van der Waals surface area contributed by atoms with E-state index in [0.717, 1.165) is 6.42 Å². The van der Waals surface area contributed by atoms with Crippen LogP contribution in [0.25, 0.3) is 0 Å². The monoisotopic (exact) mass is 183 g/mol. The summed E-state index contributed by atoms with van der Waals surface area (Å²) in [6.45, 7) is 0.559. The number of likely N-dealkylation sites (N-methyl/N-ethyl adjacent to an activating group) is 1. The average molecular weight is 183 g/mol. The van der Waals surface area contributed by atoms with E-state index < -0.39 is 18.2 Å². The maximum absolute atomic E-state index is 11.1. The number of hydrogen-bond donors (Lipinski definition) is 1. The van der Waals surface area contributed by atoms with Crippen LogP contribution in [0.15, 0.2) is 0 Å². The zero-order valence-electron chi connectivity index (χ0n) is 7.56. The topological polar surface area (TPSA) is 49.8 Å². The van der Waals surface area contributed by atoms with E-state index in [9.17, 15) is 9.90 Å². The van der Waals surface area contributed by atoms with Crippen molar-refractivity contribution in [3.05, 3.63) is 0 Å². The molecule has 1 fully saturated rings. The lowest BCUT2D eigenvalue weighted by Crippen LogP contribution is -2.48. The molecule has 1 heterocycles. The first-order chi connectivity index (χ1) is 6.16. The number of aliphatic hydroxyl groups is 1. The van der Waals surface area contributed by atoms with Crippen LogP contribution in [0.2, 0.25) is 0 Å². The summed E-state index contributed by atoms with van der Waals surface area (Å²) in [4.78, 5) is 12.3. The predicted octanol–water partition coefficient (Wildman–Crippen LogP) is -0.425. The highest BCUT2D eigenvalue weighted by molar-refractivity contribution is 5.92. The van der Waals surface area contributed by atoms with Gasteiger partial charge in [-0.1, -0.05) is 0 Å². The van der Waals surface area contributed by atoms with Crippen LogP contribution in [-0.2, 0) is 9.53 Å². The van der Waals surface area contributed by atoms with Crippen LogP contribution in [0, 0.1) is 12.3 Å². The van der Waals surface area contributed by atoms with Crippen LogP contribution in [0.3, 0.4) is 0 Å². The van der Waals surface area contributed by atoms with E-state index in [-0.39, 0.29) is 0 Å². The summed E-state index contributed by atoms with van der Waals surface area (Å²) in [7, 11) is 1.53. The molecule has 0 saturated carbocycles. The van der Waals surface area contributed by atoms with Crippen LogP contribution in [-0.4, -0.2) is 41.9 Å². The highest BCUT2D eigenvalue weighted by Gasteiger charge is 2.29. The van der Waals surface area contributed by atoms with Gasteiger partial charge in [0.2, 0.25) is 0 Å². The zero-order chi connectivity index (χ0) is 9.84. The number of carbonyl (C=O) groups excluding carboxylic acids is 1. The summed E-state index contributed by atoms with van der Waals surface area (Å²) < 4.78 is 5.23. The molecule has 1 aliphatic heterocycles. The predicted molar refractivity (Wildman–Crippen MR) is 46.6 cm³/mol. The van der Waals surface area contributed by atoms with Gasteiger partial charge >= 0.3 is 0 Å². The molecule has 1 amide bonds. The van der Waals surface area contributed by atoms with Crippen LogP contribution < -0.4 is 0 Å². The number of terminal acetylenes is 1. The van der Waals surface area contributed by atoms with Gasteiger partial charge in [-0.15, -0.1) is 6.42 Å². The van der Waals surface area contributed by atoms with Crippen molar-refractivity contribution in [2.24, 2.45) is 0 Å². The maximum Gasteiger partial charge on any atom is 0.300 e. The molecule has 0 aromatic heterocycles. The first-order valence-electron chi connectivity index (χ1n) is 4.20. The van der Waals surface area contributed by atoms with Crippen LogP contribution in [0.1, 0.15) is 12.8 Å². The molecule has 0 bridgehead atoms. The molecule has 4 nitrogen and oxygen atoms in total. The summed E-state index contributed by atoms with van der Waals surface area (Å²) in [5.74, 6) is 1.51. The number of aliphatic hydroxyl groups excluding tert-OH is 1. The molecule has 0 aromatic carbocycles. The SMILES string of the molecule is C#CC(=O)N(C)C1OCCCC1O. The molecule has 0 radical (unpaired) electrons. The molecule has 72 valence electrons. The van der Waals surface area contributed by atoms with Gasteiger partial charge in [0.05, 0.1) is 6.10 Å². The van der Waals surface area contributed by atoms with Gasteiger partial charge in [-0.25, -0.2) is 0 Å². The highest BCUT2D eigenvalue weighted by Crippen LogP contribution is 2.16. The van der Waals surface area contributed by atoms with Gasteiger partial charge in [0.1, 0.15) is 0 Å². The minimum Gasteiger partial charge on any atom is -0.388 e. The molecule has 0 spiro atoms. The third-order valence-electron chi connectivity index (χ3n) is 2.09. The number of hydrogen-bond acceptors (Lipinski definition) is 3. The Kier molecular flexibility index (Phi) is 3.29. The molecule has 1 rings (SSSR count). The quantitative estimate of drug-likeness (QED) is 0.561. The Morgan fingerprint density at radius 3 is 3.00 bits per heavy atom. The number of ether oxygens (including phenoxy) is 1. The fourth-order valence-electron chi connectivity index (χ4n) is 1.34. The minimum atomic E-state index is -0.629. The fraction of sp³-hybridized carbons (Fsp3) is 0.667. The van der Waals surface area contributed by atoms with E-state index in [4.69, 9.17) is 11.2 Å². The van der Waals surface area contributed by atoms with Crippen LogP contribution >= 0.6 is 0 Å². The van der Waals surface area contributed by atoms with Gasteiger partial charge in [-0.2, -0.15) is 0 Å². The van der Waals surface area contributed by atoms with Crippen molar-refractivity contribution in [3.8, 4) is 12.3 Å². The molecule has 4 heteroatoms. The van der Waals surface area contributed by atoms with Gasteiger partial charge in [-0.05, 0) is 18.8 Å². The first-order valence-corrected chi connectivity index (χ1v) is 4.20. The normalized spacial score (nSPS) is 27.8. The Balaban J connectivity index is 2.59. The van der Waals surface area contributed by atoms with Crippen LogP contribution in [0.5, 0.6) is 0 Å². The standard InChI is InChI=1S/C9H13NO3/c1-3-8(12)10(2)9-7(11)5-4-6-13-9/h1,7,9,11H,4-6H2,2H3. The number of carbonyl (C=O) groups is 1.